The van der Waals surface area contributed by atoms with Crippen molar-refractivity contribution in [2.75, 3.05) is 25.3 Å². The molecule has 4 rings (SSSR count). The van der Waals surface area contributed by atoms with Crippen molar-refractivity contribution >= 4 is 23.0 Å². The Kier molecular flexibility index (Phi) is 6.28. The number of hydrogen-bond donors (Lipinski definition) is 1. The van der Waals surface area contributed by atoms with Gasteiger partial charge in [0, 0.05) is 28.2 Å². The Labute approximate surface area is 189 Å². The molecule has 0 aromatic heterocycles. The summed E-state index contributed by atoms with van der Waals surface area (Å²) in [5.74, 6) is 3.71. The summed E-state index contributed by atoms with van der Waals surface area (Å²) in [6, 6.07) is 23.1. The summed E-state index contributed by atoms with van der Waals surface area (Å²) in [4.78, 5) is 0. The van der Waals surface area contributed by atoms with E-state index in [1.165, 1.54) is 28.0 Å². The van der Waals surface area contributed by atoms with Crippen LogP contribution >= 0.6 is 11.8 Å². The monoisotopic (exact) mass is 431 g/mol. The predicted octanol–water partition coefficient (Wildman–Crippen LogP) is 6.89. The number of benzene rings is 3. The van der Waals surface area contributed by atoms with Gasteiger partial charge in [-0.05, 0) is 43.2 Å². The Bertz CT molecular complexity index is 1090. The smallest absolute Gasteiger partial charge is 0.126 e. The fourth-order valence-corrected chi connectivity index (χ4v) is 5.03. The van der Waals surface area contributed by atoms with Gasteiger partial charge in [-0.25, -0.2) is 0 Å². The van der Waals surface area contributed by atoms with Gasteiger partial charge in [-0.15, -0.1) is 0 Å². The molecule has 3 nitrogen and oxygen atoms in total. The van der Waals surface area contributed by atoms with Crippen molar-refractivity contribution < 1.29 is 9.47 Å². The first-order chi connectivity index (χ1) is 15.0. The molecule has 3 aromatic rings. The van der Waals surface area contributed by atoms with Crippen LogP contribution in [0.1, 0.15) is 25.0 Å². The number of thioether (sulfide) groups is 1. The molecular weight excluding hydrogens is 402 g/mol. The van der Waals surface area contributed by atoms with Crippen LogP contribution in [0.3, 0.4) is 0 Å². The van der Waals surface area contributed by atoms with Gasteiger partial charge < -0.3 is 14.8 Å². The van der Waals surface area contributed by atoms with Crippen LogP contribution in [0.5, 0.6) is 11.5 Å². The van der Waals surface area contributed by atoms with E-state index < -0.39 is 0 Å². The van der Waals surface area contributed by atoms with Gasteiger partial charge in [0.1, 0.15) is 11.5 Å². The summed E-state index contributed by atoms with van der Waals surface area (Å²) in [5, 5.41) is 3.75. The van der Waals surface area contributed by atoms with Gasteiger partial charge >= 0.3 is 0 Å². The fourth-order valence-electron chi connectivity index (χ4n) is 4.04. The van der Waals surface area contributed by atoms with Gasteiger partial charge in [-0.3, -0.25) is 0 Å². The summed E-state index contributed by atoms with van der Waals surface area (Å²) >= 11 is 1.94. The number of ether oxygens (including phenoxy) is 2. The molecule has 1 heterocycles. The maximum atomic E-state index is 5.64. The lowest BCUT2D eigenvalue weighted by atomic mass is 9.87. The Morgan fingerprint density at radius 3 is 2.23 bits per heavy atom. The Morgan fingerprint density at radius 1 is 0.774 bits per heavy atom. The van der Waals surface area contributed by atoms with E-state index in [0.717, 1.165) is 28.6 Å². The Morgan fingerprint density at radius 2 is 1.48 bits per heavy atom. The summed E-state index contributed by atoms with van der Waals surface area (Å²) < 4.78 is 10.9. The van der Waals surface area contributed by atoms with Crippen molar-refractivity contribution in [3.05, 3.63) is 83.9 Å². The first-order valence-corrected chi connectivity index (χ1v) is 11.6. The largest absolute Gasteiger partial charge is 0.497 e. The normalized spacial score (nSPS) is 14.3. The molecule has 0 aliphatic carbocycles. The van der Waals surface area contributed by atoms with Crippen LogP contribution in [-0.2, 0) is 5.75 Å². The fraction of sp³-hybridized carbons (Fsp3) is 0.259. The lowest BCUT2D eigenvalue weighted by molar-refractivity contribution is 0.414. The quantitative estimate of drug-likeness (QED) is 0.441. The molecule has 0 bridgehead atoms. The molecule has 1 aliphatic rings. The Balaban J connectivity index is 1.61. The average Bonchev–Trinajstić information content (AvgIpc) is 2.78. The van der Waals surface area contributed by atoms with Crippen molar-refractivity contribution in [2.24, 2.45) is 0 Å². The van der Waals surface area contributed by atoms with Crippen molar-refractivity contribution in [2.45, 2.75) is 25.1 Å². The molecule has 3 aromatic carbocycles. The van der Waals surface area contributed by atoms with E-state index in [0.29, 0.717) is 0 Å². The third-order valence-electron chi connectivity index (χ3n) is 5.48. The highest BCUT2D eigenvalue weighted by Crippen LogP contribution is 2.43. The van der Waals surface area contributed by atoms with Gasteiger partial charge in [0.25, 0.3) is 0 Å². The number of anilines is 1. The number of para-hydroxylation sites is 2. The zero-order chi connectivity index (χ0) is 21.8. The Hall–Kier alpha value is -2.85. The van der Waals surface area contributed by atoms with E-state index in [-0.39, 0.29) is 5.54 Å². The van der Waals surface area contributed by atoms with Gasteiger partial charge in [-0.2, -0.15) is 11.8 Å². The van der Waals surface area contributed by atoms with Gasteiger partial charge in [-0.1, -0.05) is 54.6 Å². The van der Waals surface area contributed by atoms with Gasteiger partial charge in [0.15, 0.2) is 0 Å². The molecular formula is C27H29NO2S. The molecule has 0 saturated carbocycles. The molecule has 31 heavy (non-hydrogen) atoms. The van der Waals surface area contributed by atoms with Crippen molar-refractivity contribution in [3.63, 3.8) is 0 Å². The number of hydrogen-bond acceptors (Lipinski definition) is 4. The zero-order valence-corrected chi connectivity index (χ0v) is 19.4. The second-order valence-electron chi connectivity index (χ2n) is 8.29. The third-order valence-corrected chi connectivity index (χ3v) is 6.53. The minimum atomic E-state index is -0.124. The maximum Gasteiger partial charge on any atom is 0.126 e. The van der Waals surface area contributed by atoms with Crippen LogP contribution < -0.4 is 14.8 Å². The van der Waals surface area contributed by atoms with Crippen LogP contribution in [0.2, 0.25) is 0 Å². The minimum absolute atomic E-state index is 0.124. The highest BCUT2D eigenvalue weighted by Gasteiger charge is 2.27. The van der Waals surface area contributed by atoms with E-state index in [1.54, 1.807) is 14.2 Å². The second-order valence-corrected chi connectivity index (χ2v) is 9.27. The average molecular weight is 432 g/mol. The molecule has 0 fully saturated rings. The van der Waals surface area contributed by atoms with E-state index in [9.17, 15) is 0 Å². The summed E-state index contributed by atoms with van der Waals surface area (Å²) in [6.45, 7) is 4.45. The number of nitrogens with one attached hydrogen (secondary N) is 1. The SMILES string of the molecule is COc1ccc(CSCC2=CC(C)(C)Nc3c2cccc3-c2ccccc2OC)cc1. The van der Waals surface area contributed by atoms with Gasteiger partial charge in [0.05, 0.1) is 25.4 Å². The highest BCUT2D eigenvalue weighted by molar-refractivity contribution is 7.98. The molecule has 160 valence electrons. The molecule has 0 unspecified atom stereocenters. The first kappa shape index (κ1) is 21.4. The molecule has 1 aliphatic heterocycles. The van der Waals surface area contributed by atoms with Crippen LogP contribution in [0.4, 0.5) is 5.69 Å². The number of methoxy groups -OCH3 is 2. The van der Waals surface area contributed by atoms with Crippen LogP contribution in [-0.4, -0.2) is 25.5 Å². The van der Waals surface area contributed by atoms with Crippen molar-refractivity contribution in [3.8, 4) is 22.6 Å². The summed E-state index contributed by atoms with van der Waals surface area (Å²) in [6.07, 6.45) is 2.36. The standard InChI is InChI=1S/C27H29NO2S/c1-27(2)16-20(18-31-17-19-12-14-21(29-3)15-13-19)22-9-7-10-24(26(22)28-27)23-8-5-6-11-25(23)30-4/h5-16,28H,17-18H2,1-4H3. The van der Waals surface area contributed by atoms with E-state index in [4.69, 9.17) is 9.47 Å². The predicted molar refractivity (Wildman–Crippen MR) is 133 cm³/mol. The zero-order valence-electron chi connectivity index (χ0n) is 18.6. The van der Waals surface area contributed by atoms with Crippen LogP contribution in [0.25, 0.3) is 16.7 Å². The minimum Gasteiger partial charge on any atom is -0.497 e. The summed E-state index contributed by atoms with van der Waals surface area (Å²) in [7, 11) is 3.43. The molecule has 4 heteroatoms. The lowest BCUT2D eigenvalue weighted by Crippen LogP contribution is -2.32. The van der Waals surface area contributed by atoms with Crippen LogP contribution in [0.15, 0.2) is 72.8 Å². The van der Waals surface area contributed by atoms with E-state index in [2.05, 4.69) is 67.7 Å². The number of rotatable bonds is 7. The van der Waals surface area contributed by atoms with Crippen LogP contribution in [0, 0.1) is 0 Å². The molecule has 0 saturated heterocycles. The molecule has 0 radical (unpaired) electrons. The van der Waals surface area contributed by atoms with Gasteiger partial charge in [0.2, 0.25) is 0 Å². The highest BCUT2D eigenvalue weighted by atomic mass is 32.2. The molecule has 0 spiro atoms. The second kappa shape index (κ2) is 9.11. The molecule has 1 N–H and O–H groups in total. The van der Waals surface area contributed by atoms with E-state index in [1.807, 2.05) is 36.0 Å². The van der Waals surface area contributed by atoms with E-state index >= 15 is 0 Å². The molecule has 0 amide bonds. The third kappa shape index (κ3) is 4.75. The summed E-state index contributed by atoms with van der Waals surface area (Å²) in [5.41, 5.74) is 7.29. The first-order valence-electron chi connectivity index (χ1n) is 10.5. The van der Waals surface area contributed by atoms with Crippen molar-refractivity contribution in [1.82, 2.24) is 0 Å². The maximum absolute atomic E-state index is 5.64. The molecule has 0 atom stereocenters. The topological polar surface area (TPSA) is 30.5 Å². The number of fused-ring (bicyclic) bond motifs is 1. The van der Waals surface area contributed by atoms with Crippen molar-refractivity contribution in [1.29, 1.82) is 0 Å². The lowest BCUT2D eigenvalue weighted by Gasteiger charge is -2.34.